The van der Waals surface area contributed by atoms with Gasteiger partial charge in [0.05, 0.1) is 12.1 Å². The van der Waals surface area contributed by atoms with Crippen LogP contribution in [-0.2, 0) is 6.42 Å². The lowest BCUT2D eigenvalue weighted by molar-refractivity contribution is 0.0914. The molecule has 3 aromatic carbocycles. The van der Waals surface area contributed by atoms with Crippen molar-refractivity contribution in [3.05, 3.63) is 108 Å². The highest BCUT2D eigenvalue weighted by Crippen LogP contribution is 2.37. The van der Waals surface area contributed by atoms with E-state index in [1.165, 1.54) is 17.8 Å². The lowest BCUT2D eigenvalue weighted by Gasteiger charge is -2.36. The number of anilines is 1. The molecule has 1 aliphatic rings. The van der Waals surface area contributed by atoms with Crippen molar-refractivity contribution in [1.29, 1.82) is 0 Å². The Morgan fingerprint density at radius 3 is 2.10 bits per heavy atom. The zero-order valence-corrected chi connectivity index (χ0v) is 23.0. The smallest absolute Gasteiger partial charge is 0.197 e. The Bertz CT molecular complexity index is 1340. The number of phenols is 1. The van der Waals surface area contributed by atoms with Crippen LogP contribution in [0.2, 0.25) is 0 Å². The number of rotatable bonds is 13. The first-order valence-electron chi connectivity index (χ1n) is 13.5. The fourth-order valence-corrected chi connectivity index (χ4v) is 4.94. The molecule has 1 fully saturated rings. The van der Waals surface area contributed by atoms with Crippen LogP contribution in [0, 0.1) is 0 Å². The van der Waals surface area contributed by atoms with E-state index in [-0.39, 0.29) is 48.4 Å². The molecule has 1 aliphatic heterocycles. The molecule has 0 spiro atoms. The Balaban J connectivity index is 1.72. The number of hydrogen-bond acceptors (Lipinski definition) is 7. The highest BCUT2D eigenvalue weighted by Gasteiger charge is 2.30. The molecule has 208 valence electrons. The number of carbonyl (C=O) groups excluding carboxylic acids is 2. The van der Waals surface area contributed by atoms with Gasteiger partial charge in [-0.15, -0.1) is 0 Å². The van der Waals surface area contributed by atoms with E-state index in [9.17, 15) is 14.7 Å². The Hall–Kier alpha value is -4.36. The second-order valence-corrected chi connectivity index (χ2v) is 9.55. The molecule has 1 N–H and O–H groups in total. The molecule has 7 nitrogen and oxygen atoms in total. The van der Waals surface area contributed by atoms with Gasteiger partial charge in [-0.05, 0) is 42.8 Å². The van der Waals surface area contributed by atoms with E-state index in [0.717, 1.165) is 26.2 Å². The molecule has 1 heterocycles. The number of hydrogen-bond donors (Lipinski definition) is 1. The first-order valence-corrected chi connectivity index (χ1v) is 13.5. The number of benzene rings is 3. The lowest BCUT2D eigenvalue weighted by Crippen LogP contribution is -2.48. The topological polar surface area (TPSA) is 79.3 Å². The second-order valence-electron chi connectivity index (χ2n) is 9.55. The van der Waals surface area contributed by atoms with Crippen molar-refractivity contribution in [2.24, 2.45) is 0 Å². The molecule has 0 amide bonds. The van der Waals surface area contributed by atoms with Gasteiger partial charge >= 0.3 is 0 Å². The zero-order chi connectivity index (χ0) is 28.5. The molecule has 4 rings (SSSR count). The van der Waals surface area contributed by atoms with Gasteiger partial charge in [-0.2, -0.15) is 0 Å². The minimum atomic E-state index is -0.360. The Labute approximate surface area is 235 Å². The Morgan fingerprint density at radius 2 is 1.50 bits per heavy atom. The van der Waals surface area contributed by atoms with Crippen LogP contribution in [0.5, 0.6) is 17.2 Å². The summed E-state index contributed by atoms with van der Waals surface area (Å²) in [5.41, 5.74) is 2.67. The van der Waals surface area contributed by atoms with E-state index in [1.807, 2.05) is 25.1 Å². The first-order chi connectivity index (χ1) is 19.5. The van der Waals surface area contributed by atoms with E-state index in [4.69, 9.17) is 9.47 Å². The predicted molar refractivity (Wildman–Crippen MR) is 158 cm³/mol. The summed E-state index contributed by atoms with van der Waals surface area (Å²) in [5, 5.41) is 9.76. The SMILES string of the molecule is C=CCOc1cc(OCC=C)c(C(=O)c2ccc(O)cc2)c(C(=O)CN2CCN(c3ccccc3)CC2)c1CC. The number of ketones is 2. The molecular formula is C33H36N2O5. The van der Waals surface area contributed by atoms with Gasteiger partial charge in [0, 0.05) is 54.6 Å². The van der Waals surface area contributed by atoms with Crippen molar-refractivity contribution in [1.82, 2.24) is 4.90 Å². The average Bonchev–Trinajstić information content (AvgIpc) is 2.99. The number of nitrogens with zero attached hydrogens (tertiary/aromatic N) is 2. The number of piperazine rings is 1. The van der Waals surface area contributed by atoms with E-state index in [1.54, 1.807) is 30.4 Å². The standard InChI is InChI=1S/C33H36N2O5/c1-4-20-39-29-22-30(40-21-5-2)32(33(38)24-12-14-26(36)15-13-24)31(27(29)6-3)28(37)23-34-16-18-35(19-17-34)25-10-8-7-9-11-25/h4-5,7-15,22,36H,1-2,6,16-21,23H2,3H3. The number of carbonyl (C=O) groups is 2. The zero-order valence-electron chi connectivity index (χ0n) is 23.0. The summed E-state index contributed by atoms with van der Waals surface area (Å²) in [6, 6.07) is 17.9. The number of Topliss-reactive ketones (excluding diaryl/α,β-unsaturated/α-hetero) is 1. The Kier molecular flexibility index (Phi) is 9.76. The molecule has 0 aromatic heterocycles. The fourth-order valence-electron chi connectivity index (χ4n) is 4.94. The maximum Gasteiger partial charge on any atom is 0.197 e. The van der Waals surface area contributed by atoms with Gasteiger partial charge in [-0.1, -0.05) is 50.4 Å². The molecule has 1 saturated heterocycles. The van der Waals surface area contributed by atoms with Gasteiger partial charge in [-0.3, -0.25) is 14.5 Å². The predicted octanol–water partition coefficient (Wildman–Crippen LogP) is 5.32. The van der Waals surface area contributed by atoms with Crippen LogP contribution in [0.3, 0.4) is 0 Å². The summed E-state index contributed by atoms with van der Waals surface area (Å²) in [7, 11) is 0. The summed E-state index contributed by atoms with van der Waals surface area (Å²) in [6.45, 7) is 13.0. The van der Waals surface area contributed by atoms with Crippen LogP contribution in [0.1, 0.15) is 38.8 Å². The van der Waals surface area contributed by atoms with E-state index >= 15 is 0 Å². The molecule has 40 heavy (non-hydrogen) atoms. The van der Waals surface area contributed by atoms with Crippen LogP contribution in [0.15, 0.2) is 86.0 Å². The molecule has 3 aromatic rings. The quantitative estimate of drug-likeness (QED) is 0.232. The third-order valence-corrected chi connectivity index (χ3v) is 6.92. The molecular weight excluding hydrogens is 504 g/mol. The van der Waals surface area contributed by atoms with Gasteiger partial charge < -0.3 is 19.5 Å². The van der Waals surface area contributed by atoms with Gasteiger partial charge in [0.25, 0.3) is 0 Å². The maximum absolute atomic E-state index is 14.1. The minimum absolute atomic E-state index is 0.0491. The molecule has 0 unspecified atom stereocenters. The second kappa shape index (κ2) is 13.6. The third kappa shape index (κ3) is 6.61. The van der Waals surface area contributed by atoms with Crippen LogP contribution in [0.4, 0.5) is 5.69 Å². The molecule has 0 bridgehead atoms. The highest BCUT2D eigenvalue weighted by molar-refractivity contribution is 6.18. The van der Waals surface area contributed by atoms with Crippen molar-refractivity contribution in [3.63, 3.8) is 0 Å². The summed E-state index contributed by atoms with van der Waals surface area (Å²) < 4.78 is 11.9. The normalized spacial score (nSPS) is 13.5. The van der Waals surface area contributed by atoms with Crippen molar-refractivity contribution < 1.29 is 24.2 Å². The van der Waals surface area contributed by atoms with Crippen LogP contribution < -0.4 is 14.4 Å². The van der Waals surface area contributed by atoms with Gasteiger partial charge in [0.15, 0.2) is 11.6 Å². The lowest BCUT2D eigenvalue weighted by atomic mass is 9.89. The van der Waals surface area contributed by atoms with E-state index in [0.29, 0.717) is 28.9 Å². The average molecular weight is 541 g/mol. The largest absolute Gasteiger partial charge is 0.508 e. The highest BCUT2D eigenvalue weighted by atomic mass is 16.5. The Morgan fingerprint density at radius 1 is 0.875 bits per heavy atom. The maximum atomic E-state index is 14.1. The van der Waals surface area contributed by atoms with Gasteiger partial charge in [0.2, 0.25) is 0 Å². The van der Waals surface area contributed by atoms with E-state index in [2.05, 4.69) is 35.1 Å². The number of aromatic hydroxyl groups is 1. The van der Waals surface area contributed by atoms with Gasteiger partial charge in [-0.25, -0.2) is 0 Å². The number of ether oxygens (including phenoxy) is 2. The summed E-state index contributed by atoms with van der Waals surface area (Å²) in [5.74, 6) is 0.265. The number of para-hydroxylation sites is 1. The van der Waals surface area contributed by atoms with Crippen molar-refractivity contribution in [3.8, 4) is 17.2 Å². The van der Waals surface area contributed by atoms with Gasteiger partial charge in [0.1, 0.15) is 30.5 Å². The van der Waals surface area contributed by atoms with Crippen molar-refractivity contribution in [2.75, 3.05) is 50.8 Å². The summed E-state index contributed by atoms with van der Waals surface area (Å²) >= 11 is 0. The van der Waals surface area contributed by atoms with Crippen LogP contribution >= 0.6 is 0 Å². The van der Waals surface area contributed by atoms with Crippen molar-refractivity contribution >= 4 is 17.3 Å². The van der Waals surface area contributed by atoms with Crippen molar-refractivity contribution in [2.45, 2.75) is 13.3 Å². The molecule has 0 saturated carbocycles. The minimum Gasteiger partial charge on any atom is -0.508 e. The molecule has 0 aliphatic carbocycles. The molecule has 0 atom stereocenters. The van der Waals surface area contributed by atoms with E-state index < -0.39 is 0 Å². The first kappa shape index (κ1) is 28.6. The molecule has 0 radical (unpaired) electrons. The van der Waals surface area contributed by atoms with Crippen LogP contribution in [-0.4, -0.2) is 67.5 Å². The fraction of sp³-hybridized carbons (Fsp3) is 0.273. The van der Waals surface area contributed by atoms with Crippen LogP contribution in [0.25, 0.3) is 0 Å². The summed E-state index contributed by atoms with van der Waals surface area (Å²) in [4.78, 5) is 32.5. The third-order valence-electron chi connectivity index (χ3n) is 6.92. The monoisotopic (exact) mass is 540 g/mol. The summed E-state index contributed by atoms with van der Waals surface area (Å²) in [6.07, 6.45) is 3.69. The molecule has 7 heteroatoms. The number of phenolic OH excluding ortho intramolecular Hbond substituents is 1.